The molecule has 1 rings (SSSR count). The van der Waals surface area contributed by atoms with Crippen molar-refractivity contribution >= 4 is 0 Å². The molecule has 0 aliphatic carbocycles. The Kier molecular flexibility index (Phi) is 4.84. The van der Waals surface area contributed by atoms with Crippen LogP contribution in [0.5, 0.6) is 0 Å². The van der Waals surface area contributed by atoms with E-state index in [1.165, 1.54) is 28.7 Å². The van der Waals surface area contributed by atoms with Crippen LogP contribution in [-0.4, -0.2) is 5.54 Å². The van der Waals surface area contributed by atoms with Crippen LogP contribution in [-0.2, 0) is 6.54 Å². The number of nitrogens with one attached hydrogen (secondary N) is 1. The van der Waals surface area contributed by atoms with E-state index in [0.717, 1.165) is 6.54 Å². The van der Waals surface area contributed by atoms with Gasteiger partial charge in [-0.15, -0.1) is 0 Å². The Morgan fingerprint density at radius 3 is 1.79 bits per heavy atom. The fourth-order valence-electron chi connectivity index (χ4n) is 3.20. The molecule has 0 aromatic heterocycles. The average Bonchev–Trinajstić information content (AvgIpc) is 2.10. The number of hydrogen-bond acceptors (Lipinski definition) is 1. The molecule has 0 atom stereocenters. The maximum absolute atomic E-state index is 3.73. The Morgan fingerprint density at radius 2 is 1.37 bits per heavy atom. The quantitative estimate of drug-likeness (QED) is 0.811. The minimum Gasteiger partial charge on any atom is -0.308 e. The third-order valence-electron chi connectivity index (χ3n) is 3.56. The zero-order valence-electron chi connectivity index (χ0n) is 14.1. The first-order valence-electron chi connectivity index (χ1n) is 7.32. The summed E-state index contributed by atoms with van der Waals surface area (Å²) in [5, 5.41) is 3.73. The van der Waals surface area contributed by atoms with Gasteiger partial charge >= 0.3 is 0 Å². The molecule has 0 aliphatic heterocycles. The normalized spacial score (nSPS) is 12.8. The van der Waals surface area contributed by atoms with Gasteiger partial charge in [0.15, 0.2) is 0 Å². The highest BCUT2D eigenvalue weighted by atomic mass is 15.0. The lowest BCUT2D eigenvalue weighted by Crippen LogP contribution is -2.42. The molecular formula is C18H31N. The first kappa shape index (κ1) is 16.2. The molecule has 0 radical (unpaired) electrons. The molecule has 0 unspecified atom stereocenters. The fourth-order valence-corrected chi connectivity index (χ4v) is 3.20. The second-order valence-electron chi connectivity index (χ2n) is 7.85. The Bertz CT molecular complexity index is 412. The molecule has 0 spiro atoms. The van der Waals surface area contributed by atoms with Crippen molar-refractivity contribution in [2.24, 2.45) is 5.41 Å². The van der Waals surface area contributed by atoms with Crippen molar-refractivity contribution in [3.05, 3.63) is 34.4 Å². The van der Waals surface area contributed by atoms with Crippen molar-refractivity contribution in [2.75, 3.05) is 0 Å². The Hall–Kier alpha value is -0.820. The van der Waals surface area contributed by atoms with Crippen LogP contribution in [0.15, 0.2) is 12.1 Å². The van der Waals surface area contributed by atoms with Gasteiger partial charge in [-0.25, -0.2) is 0 Å². The highest BCUT2D eigenvalue weighted by molar-refractivity contribution is 5.37. The third kappa shape index (κ3) is 5.36. The Morgan fingerprint density at radius 1 is 0.895 bits per heavy atom. The van der Waals surface area contributed by atoms with E-state index in [-0.39, 0.29) is 5.54 Å². The van der Waals surface area contributed by atoms with Crippen molar-refractivity contribution in [3.8, 4) is 0 Å². The molecule has 1 nitrogen and oxygen atoms in total. The molecule has 0 heterocycles. The van der Waals surface area contributed by atoms with E-state index in [9.17, 15) is 0 Å². The fraction of sp³-hybridized carbons (Fsp3) is 0.667. The van der Waals surface area contributed by atoms with E-state index in [4.69, 9.17) is 0 Å². The van der Waals surface area contributed by atoms with Crippen LogP contribution in [0.3, 0.4) is 0 Å². The molecular weight excluding hydrogens is 230 g/mol. The van der Waals surface area contributed by atoms with E-state index in [0.29, 0.717) is 5.41 Å². The number of rotatable bonds is 4. The van der Waals surface area contributed by atoms with E-state index < -0.39 is 0 Å². The maximum atomic E-state index is 3.73. The lowest BCUT2D eigenvalue weighted by Gasteiger charge is -2.34. The lowest BCUT2D eigenvalue weighted by molar-refractivity contribution is 0.240. The van der Waals surface area contributed by atoms with Crippen molar-refractivity contribution in [3.63, 3.8) is 0 Å². The van der Waals surface area contributed by atoms with Crippen LogP contribution in [0.2, 0.25) is 0 Å². The number of hydrogen-bond donors (Lipinski definition) is 1. The van der Waals surface area contributed by atoms with Gasteiger partial charge < -0.3 is 5.32 Å². The van der Waals surface area contributed by atoms with Gasteiger partial charge in [0.2, 0.25) is 0 Å². The SMILES string of the molecule is Cc1cc(C)c(CNC(C)(C)CC(C)(C)C)c(C)c1. The van der Waals surface area contributed by atoms with Crippen molar-refractivity contribution in [2.45, 2.75) is 73.9 Å². The van der Waals surface area contributed by atoms with Gasteiger partial charge in [0.1, 0.15) is 0 Å². The van der Waals surface area contributed by atoms with Gasteiger partial charge in [-0.1, -0.05) is 38.5 Å². The van der Waals surface area contributed by atoms with E-state index in [2.05, 4.69) is 72.8 Å². The molecule has 0 bridgehead atoms. The third-order valence-corrected chi connectivity index (χ3v) is 3.56. The van der Waals surface area contributed by atoms with Crippen molar-refractivity contribution in [1.29, 1.82) is 0 Å². The molecule has 0 amide bonds. The van der Waals surface area contributed by atoms with Crippen LogP contribution >= 0.6 is 0 Å². The highest BCUT2D eigenvalue weighted by Crippen LogP contribution is 2.27. The van der Waals surface area contributed by atoms with Gasteiger partial charge in [-0.3, -0.25) is 0 Å². The maximum Gasteiger partial charge on any atom is 0.0215 e. The summed E-state index contributed by atoms with van der Waals surface area (Å²) in [4.78, 5) is 0. The minimum absolute atomic E-state index is 0.169. The molecule has 0 saturated carbocycles. The van der Waals surface area contributed by atoms with Gasteiger partial charge in [0.05, 0.1) is 0 Å². The molecule has 19 heavy (non-hydrogen) atoms. The van der Waals surface area contributed by atoms with Gasteiger partial charge in [0.25, 0.3) is 0 Å². The Labute approximate surface area is 119 Å². The number of aryl methyl sites for hydroxylation is 3. The van der Waals surface area contributed by atoms with Crippen LogP contribution < -0.4 is 5.32 Å². The molecule has 0 fully saturated rings. The summed E-state index contributed by atoms with van der Waals surface area (Å²) < 4.78 is 0. The summed E-state index contributed by atoms with van der Waals surface area (Å²) in [6, 6.07) is 4.56. The molecule has 0 saturated heterocycles. The molecule has 1 aromatic rings. The molecule has 0 aliphatic rings. The number of benzene rings is 1. The first-order chi connectivity index (χ1) is 8.50. The molecule has 1 heteroatoms. The topological polar surface area (TPSA) is 12.0 Å². The van der Waals surface area contributed by atoms with Gasteiger partial charge in [-0.2, -0.15) is 0 Å². The highest BCUT2D eigenvalue weighted by Gasteiger charge is 2.25. The summed E-state index contributed by atoms with van der Waals surface area (Å²) >= 11 is 0. The second kappa shape index (κ2) is 5.66. The summed E-state index contributed by atoms with van der Waals surface area (Å²) in [6.07, 6.45) is 1.17. The van der Waals surface area contributed by atoms with Crippen LogP contribution in [0, 0.1) is 26.2 Å². The van der Waals surface area contributed by atoms with E-state index >= 15 is 0 Å². The standard InChI is InChI=1S/C18H31N/c1-13-9-14(2)16(15(3)10-13)11-19-18(7,8)12-17(4,5)6/h9-10,19H,11-12H2,1-8H3. The summed E-state index contributed by atoms with van der Waals surface area (Å²) in [6.45, 7) is 19.1. The van der Waals surface area contributed by atoms with Crippen LogP contribution in [0.1, 0.15) is 63.3 Å². The molecule has 108 valence electrons. The molecule has 1 N–H and O–H groups in total. The zero-order chi connectivity index (χ0) is 14.8. The smallest absolute Gasteiger partial charge is 0.0215 e. The Balaban J connectivity index is 2.77. The van der Waals surface area contributed by atoms with Crippen molar-refractivity contribution < 1.29 is 0 Å². The second-order valence-corrected chi connectivity index (χ2v) is 7.85. The van der Waals surface area contributed by atoms with E-state index in [1.807, 2.05) is 0 Å². The van der Waals surface area contributed by atoms with E-state index in [1.54, 1.807) is 0 Å². The van der Waals surface area contributed by atoms with Crippen molar-refractivity contribution in [1.82, 2.24) is 5.32 Å². The predicted octanol–water partition coefficient (Wildman–Crippen LogP) is 4.92. The minimum atomic E-state index is 0.169. The largest absolute Gasteiger partial charge is 0.308 e. The first-order valence-corrected chi connectivity index (χ1v) is 7.32. The predicted molar refractivity (Wildman–Crippen MR) is 85.6 cm³/mol. The monoisotopic (exact) mass is 261 g/mol. The van der Waals surface area contributed by atoms with Crippen LogP contribution in [0.4, 0.5) is 0 Å². The van der Waals surface area contributed by atoms with Gasteiger partial charge in [-0.05, 0) is 63.1 Å². The zero-order valence-corrected chi connectivity index (χ0v) is 14.1. The average molecular weight is 261 g/mol. The lowest BCUT2D eigenvalue weighted by atomic mass is 9.81. The summed E-state index contributed by atoms with van der Waals surface area (Å²) in [5.74, 6) is 0. The van der Waals surface area contributed by atoms with Crippen LogP contribution in [0.25, 0.3) is 0 Å². The van der Waals surface area contributed by atoms with Gasteiger partial charge in [0, 0.05) is 12.1 Å². The summed E-state index contributed by atoms with van der Waals surface area (Å²) in [7, 11) is 0. The summed E-state index contributed by atoms with van der Waals surface area (Å²) in [5.41, 5.74) is 6.13. The molecule has 1 aromatic carbocycles.